The van der Waals surface area contributed by atoms with E-state index in [1.807, 2.05) is 24.1 Å². The van der Waals surface area contributed by atoms with Crippen LogP contribution >= 0.6 is 11.8 Å². The summed E-state index contributed by atoms with van der Waals surface area (Å²) in [6.45, 7) is 1.13. The molecule has 1 saturated heterocycles. The zero-order valence-electron chi connectivity index (χ0n) is 6.25. The molecule has 0 saturated carbocycles. The smallest absolute Gasteiger partial charge is 0.0959 e. The lowest BCUT2D eigenvalue weighted by molar-refractivity contribution is 0.557. The molecular formula is C8H11NOS. The van der Waals surface area contributed by atoms with Gasteiger partial charge < -0.3 is 9.73 Å². The van der Waals surface area contributed by atoms with Crippen molar-refractivity contribution in [2.24, 2.45) is 0 Å². The van der Waals surface area contributed by atoms with Crippen LogP contribution in [0.2, 0.25) is 0 Å². The maximum Gasteiger partial charge on any atom is 0.0959 e. The highest BCUT2D eigenvalue weighted by molar-refractivity contribution is 7.99. The van der Waals surface area contributed by atoms with Crippen LogP contribution in [0.25, 0.3) is 0 Å². The molecular weight excluding hydrogens is 158 g/mol. The maximum absolute atomic E-state index is 5.01. The first-order valence-corrected chi connectivity index (χ1v) is 4.89. The van der Waals surface area contributed by atoms with E-state index < -0.39 is 0 Å². The standard InChI is InChI=1S/C8H11NOS/c1-3-9-8(11-5-1)7-2-4-10-6-7/h2,4,6,8-9H,1,3,5H2. The Morgan fingerprint density at radius 2 is 2.64 bits per heavy atom. The van der Waals surface area contributed by atoms with E-state index in [-0.39, 0.29) is 0 Å². The molecule has 0 spiro atoms. The van der Waals surface area contributed by atoms with Crippen molar-refractivity contribution >= 4 is 11.8 Å². The van der Waals surface area contributed by atoms with Crippen LogP contribution in [-0.2, 0) is 0 Å². The third kappa shape index (κ3) is 1.60. The van der Waals surface area contributed by atoms with Gasteiger partial charge in [0.1, 0.15) is 0 Å². The minimum absolute atomic E-state index is 0.461. The van der Waals surface area contributed by atoms with Gasteiger partial charge in [0.25, 0.3) is 0 Å². The Morgan fingerprint density at radius 3 is 3.27 bits per heavy atom. The Morgan fingerprint density at radius 1 is 1.64 bits per heavy atom. The highest BCUT2D eigenvalue weighted by Gasteiger charge is 2.15. The molecule has 1 aromatic heterocycles. The monoisotopic (exact) mass is 169 g/mol. The Labute approximate surface area is 70.4 Å². The summed E-state index contributed by atoms with van der Waals surface area (Å²) in [5.74, 6) is 1.25. The summed E-state index contributed by atoms with van der Waals surface area (Å²) >= 11 is 1.95. The Balaban J connectivity index is 2.04. The minimum Gasteiger partial charge on any atom is -0.472 e. The van der Waals surface area contributed by atoms with Crippen molar-refractivity contribution in [1.82, 2.24) is 5.32 Å². The van der Waals surface area contributed by atoms with E-state index >= 15 is 0 Å². The first-order chi connectivity index (χ1) is 5.47. The van der Waals surface area contributed by atoms with Crippen LogP contribution in [-0.4, -0.2) is 12.3 Å². The van der Waals surface area contributed by atoms with Gasteiger partial charge in [-0.3, -0.25) is 0 Å². The van der Waals surface area contributed by atoms with Crippen molar-refractivity contribution in [2.45, 2.75) is 11.8 Å². The van der Waals surface area contributed by atoms with Gasteiger partial charge in [-0.05, 0) is 24.8 Å². The van der Waals surface area contributed by atoms with Crippen LogP contribution in [0.5, 0.6) is 0 Å². The lowest BCUT2D eigenvalue weighted by atomic mass is 10.3. The van der Waals surface area contributed by atoms with Crippen LogP contribution < -0.4 is 5.32 Å². The highest BCUT2D eigenvalue weighted by Crippen LogP contribution is 2.29. The van der Waals surface area contributed by atoms with Crippen molar-refractivity contribution in [2.75, 3.05) is 12.3 Å². The molecule has 1 fully saturated rings. The molecule has 0 aromatic carbocycles. The van der Waals surface area contributed by atoms with E-state index in [2.05, 4.69) is 5.32 Å². The van der Waals surface area contributed by atoms with Crippen LogP contribution in [0, 0.1) is 0 Å². The molecule has 1 N–H and O–H groups in total. The van der Waals surface area contributed by atoms with Crippen LogP contribution in [0.4, 0.5) is 0 Å². The van der Waals surface area contributed by atoms with Gasteiger partial charge >= 0.3 is 0 Å². The summed E-state index contributed by atoms with van der Waals surface area (Å²) in [6, 6.07) is 2.02. The van der Waals surface area contributed by atoms with Crippen LogP contribution in [0.3, 0.4) is 0 Å². The van der Waals surface area contributed by atoms with E-state index in [0.29, 0.717) is 5.37 Å². The minimum atomic E-state index is 0.461. The van der Waals surface area contributed by atoms with Gasteiger partial charge in [-0.25, -0.2) is 0 Å². The second-order valence-corrected chi connectivity index (χ2v) is 3.83. The molecule has 2 nitrogen and oxygen atoms in total. The molecule has 2 heterocycles. The van der Waals surface area contributed by atoms with Crippen LogP contribution in [0.1, 0.15) is 17.4 Å². The van der Waals surface area contributed by atoms with Crippen molar-refractivity contribution < 1.29 is 4.42 Å². The molecule has 3 heteroatoms. The van der Waals surface area contributed by atoms with Gasteiger partial charge in [0, 0.05) is 5.56 Å². The lowest BCUT2D eigenvalue weighted by Gasteiger charge is -2.21. The highest BCUT2D eigenvalue weighted by atomic mass is 32.2. The molecule has 0 aliphatic carbocycles. The van der Waals surface area contributed by atoms with Gasteiger partial charge in [-0.1, -0.05) is 0 Å². The number of hydrogen-bond acceptors (Lipinski definition) is 3. The number of nitrogens with one attached hydrogen (secondary N) is 1. The Hall–Kier alpha value is -0.410. The first-order valence-electron chi connectivity index (χ1n) is 3.84. The maximum atomic E-state index is 5.01. The molecule has 1 unspecified atom stereocenters. The van der Waals surface area contributed by atoms with Crippen LogP contribution in [0.15, 0.2) is 23.0 Å². The second kappa shape index (κ2) is 3.32. The molecule has 0 amide bonds. The van der Waals surface area contributed by atoms with Crippen molar-refractivity contribution in [3.8, 4) is 0 Å². The number of furan rings is 1. The second-order valence-electron chi connectivity index (χ2n) is 2.62. The van der Waals surface area contributed by atoms with E-state index in [1.165, 1.54) is 17.7 Å². The molecule has 0 radical (unpaired) electrons. The summed E-state index contributed by atoms with van der Waals surface area (Å²) in [5, 5.41) is 3.89. The molecule has 1 aliphatic rings. The fourth-order valence-electron chi connectivity index (χ4n) is 1.20. The van der Waals surface area contributed by atoms with E-state index in [0.717, 1.165) is 6.54 Å². The summed E-state index contributed by atoms with van der Waals surface area (Å²) < 4.78 is 5.01. The molecule has 1 atom stereocenters. The number of hydrogen-bond donors (Lipinski definition) is 1. The largest absolute Gasteiger partial charge is 0.472 e. The zero-order chi connectivity index (χ0) is 7.52. The van der Waals surface area contributed by atoms with E-state index in [4.69, 9.17) is 4.42 Å². The van der Waals surface area contributed by atoms with Gasteiger partial charge in [0.2, 0.25) is 0 Å². The van der Waals surface area contributed by atoms with Gasteiger partial charge in [0.15, 0.2) is 0 Å². The van der Waals surface area contributed by atoms with E-state index in [9.17, 15) is 0 Å². The fraction of sp³-hybridized carbons (Fsp3) is 0.500. The third-order valence-electron chi connectivity index (χ3n) is 1.78. The van der Waals surface area contributed by atoms with Gasteiger partial charge in [-0.2, -0.15) is 0 Å². The normalized spacial score (nSPS) is 25.3. The average molecular weight is 169 g/mol. The summed E-state index contributed by atoms with van der Waals surface area (Å²) in [6.07, 6.45) is 4.82. The van der Waals surface area contributed by atoms with Crippen molar-refractivity contribution in [3.05, 3.63) is 24.2 Å². The number of rotatable bonds is 1. The first kappa shape index (κ1) is 7.25. The predicted molar refractivity (Wildman–Crippen MR) is 46.5 cm³/mol. The fourth-order valence-corrected chi connectivity index (χ4v) is 2.31. The van der Waals surface area contributed by atoms with Crippen molar-refractivity contribution in [3.63, 3.8) is 0 Å². The molecule has 11 heavy (non-hydrogen) atoms. The molecule has 0 bridgehead atoms. The zero-order valence-corrected chi connectivity index (χ0v) is 7.06. The summed E-state index contributed by atoms with van der Waals surface area (Å²) in [4.78, 5) is 0. The predicted octanol–water partition coefficient (Wildman–Crippen LogP) is 2.00. The molecule has 1 aliphatic heterocycles. The summed E-state index contributed by atoms with van der Waals surface area (Å²) in [7, 11) is 0. The SMILES string of the molecule is c1cc(C2NCCCS2)co1. The van der Waals surface area contributed by atoms with Gasteiger partial charge in [-0.15, -0.1) is 11.8 Å². The third-order valence-corrected chi connectivity index (χ3v) is 3.08. The van der Waals surface area contributed by atoms with Gasteiger partial charge in [0.05, 0.1) is 17.9 Å². The average Bonchev–Trinajstić information content (AvgIpc) is 2.58. The topological polar surface area (TPSA) is 25.2 Å². The van der Waals surface area contributed by atoms with Crippen molar-refractivity contribution in [1.29, 1.82) is 0 Å². The molecule has 60 valence electrons. The van der Waals surface area contributed by atoms with E-state index in [1.54, 1.807) is 6.26 Å². The Kier molecular flexibility index (Phi) is 2.19. The number of thioether (sulfide) groups is 1. The summed E-state index contributed by atoms with van der Waals surface area (Å²) in [5.41, 5.74) is 1.26. The molecule has 1 aromatic rings. The lowest BCUT2D eigenvalue weighted by Crippen LogP contribution is -2.24. The molecule has 2 rings (SSSR count). The Bertz CT molecular complexity index is 204. The quantitative estimate of drug-likeness (QED) is 0.696.